The van der Waals surface area contributed by atoms with Crippen LogP contribution < -0.4 is 10.6 Å². The van der Waals surface area contributed by atoms with Gasteiger partial charge in [0.1, 0.15) is 11.7 Å². The van der Waals surface area contributed by atoms with Crippen molar-refractivity contribution in [2.45, 2.75) is 63.6 Å². The number of methoxy groups -OCH3 is 1. The van der Waals surface area contributed by atoms with Crippen molar-refractivity contribution in [3.05, 3.63) is 47.5 Å². The fraction of sp³-hybridized carbons (Fsp3) is 0.556. The molecule has 0 fully saturated rings. The van der Waals surface area contributed by atoms with Crippen LogP contribution in [-0.4, -0.2) is 73.9 Å². The lowest BCUT2D eigenvalue weighted by Gasteiger charge is -2.21. The fourth-order valence-corrected chi connectivity index (χ4v) is 5.50. The molecule has 0 saturated heterocycles. The van der Waals surface area contributed by atoms with E-state index in [2.05, 4.69) is 28.6 Å². The van der Waals surface area contributed by atoms with Crippen LogP contribution in [-0.2, 0) is 23.8 Å². The summed E-state index contributed by atoms with van der Waals surface area (Å²) < 4.78 is 15.7. The summed E-state index contributed by atoms with van der Waals surface area (Å²) in [6.45, 7) is 4.54. The molecule has 1 aromatic rings. The minimum Gasteiger partial charge on any atom is -0.460 e. The third kappa shape index (κ3) is 13.0. The molecule has 0 aliphatic carbocycles. The standard InChI is InChI=1S/C27H39N3O7S2/c1-4-22(16-31)37-26(35-3)17-36-25(33)10-7-8-23(32)29-18-30-27(34)21-13-11-20(12-14-21)19(2)38-39-24-9-5-6-15-28-24/h5,9,11-14,19,22,26,31H,4,6-8,10,15-18H2,1-3H3,(H,29,32)(H,30,34). The highest BCUT2D eigenvalue weighted by atomic mass is 33.1. The zero-order valence-electron chi connectivity index (χ0n) is 22.7. The molecule has 216 valence electrons. The Balaban J connectivity index is 1.60. The number of dihydropyridines is 1. The monoisotopic (exact) mass is 581 g/mol. The van der Waals surface area contributed by atoms with Crippen LogP contribution in [0.15, 0.2) is 41.4 Å². The Kier molecular flexibility index (Phi) is 15.8. The van der Waals surface area contributed by atoms with Crippen LogP contribution in [0, 0.1) is 0 Å². The first-order valence-electron chi connectivity index (χ1n) is 13.0. The minimum absolute atomic E-state index is 0.0152. The van der Waals surface area contributed by atoms with Crippen molar-refractivity contribution in [1.82, 2.24) is 10.6 Å². The van der Waals surface area contributed by atoms with Crippen LogP contribution in [0.1, 0.15) is 67.1 Å². The average molecular weight is 582 g/mol. The Morgan fingerprint density at radius 2 is 1.92 bits per heavy atom. The molecule has 3 unspecified atom stereocenters. The molecule has 10 nitrogen and oxygen atoms in total. The second-order valence-corrected chi connectivity index (χ2v) is 11.3. The van der Waals surface area contributed by atoms with Gasteiger partial charge in [-0.3, -0.25) is 19.4 Å². The van der Waals surface area contributed by atoms with Crippen molar-refractivity contribution < 1.29 is 33.7 Å². The van der Waals surface area contributed by atoms with Crippen molar-refractivity contribution >= 4 is 44.4 Å². The first-order chi connectivity index (χ1) is 18.9. The number of benzene rings is 1. The van der Waals surface area contributed by atoms with E-state index >= 15 is 0 Å². The van der Waals surface area contributed by atoms with Crippen molar-refractivity contribution in [3.8, 4) is 0 Å². The number of nitrogens with zero attached hydrogens (tertiary/aromatic N) is 1. The number of nitrogens with one attached hydrogen (secondary N) is 2. The Labute approximate surface area is 238 Å². The van der Waals surface area contributed by atoms with Crippen LogP contribution >= 0.6 is 21.6 Å². The minimum atomic E-state index is -0.769. The van der Waals surface area contributed by atoms with Crippen LogP contribution in [0.25, 0.3) is 0 Å². The van der Waals surface area contributed by atoms with E-state index in [9.17, 15) is 19.5 Å². The summed E-state index contributed by atoms with van der Waals surface area (Å²) in [6, 6.07) is 7.39. The largest absolute Gasteiger partial charge is 0.460 e. The summed E-state index contributed by atoms with van der Waals surface area (Å²) in [5, 5.41) is 15.7. The molecule has 0 spiro atoms. The number of aliphatic hydroxyl groups excluding tert-OH is 1. The molecule has 0 aromatic heterocycles. The molecular weight excluding hydrogens is 542 g/mol. The van der Waals surface area contributed by atoms with Gasteiger partial charge >= 0.3 is 5.97 Å². The maximum atomic E-state index is 12.4. The van der Waals surface area contributed by atoms with Crippen LogP contribution in [0.5, 0.6) is 0 Å². The number of hydrogen-bond donors (Lipinski definition) is 3. The lowest BCUT2D eigenvalue weighted by atomic mass is 10.1. The van der Waals surface area contributed by atoms with Gasteiger partial charge in [-0.25, -0.2) is 0 Å². The predicted octanol–water partition coefficient (Wildman–Crippen LogP) is 3.76. The van der Waals surface area contributed by atoms with E-state index in [4.69, 9.17) is 14.2 Å². The number of amides is 2. The van der Waals surface area contributed by atoms with Crippen molar-refractivity contribution in [2.75, 3.05) is 33.5 Å². The van der Waals surface area contributed by atoms with Gasteiger partial charge in [0.15, 0.2) is 6.29 Å². The van der Waals surface area contributed by atoms with Gasteiger partial charge in [0.05, 0.1) is 19.4 Å². The van der Waals surface area contributed by atoms with Crippen molar-refractivity contribution in [3.63, 3.8) is 0 Å². The topological polar surface area (TPSA) is 136 Å². The van der Waals surface area contributed by atoms with Crippen molar-refractivity contribution in [1.29, 1.82) is 0 Å². The predicted molar refractivity (Wildman–Crippen MR) is 154 cm³/mol. The molecule has 0 saturated carbocycles. The Bertz CT molecular complexity index is 969. The normalized spacial score (nSPS) is 15.1. The molecule has 12 heteroatoms. The van der Waals surface area contributed by atoms with E-state index in [0.29, 0.717) is 18.4 Å². The quantitative estimate of drug-likeness (QED) is 0.143. The molecule has 2 rings (SSSR count). The zero-order valence-corrected chi connectivity index (χ0v) is 24.4. The smallest absolute Gasteiger partial charge is 0.305 e. The number of aliphatic imine (C=N–C) groups is 1. The van der Waals surface area contributed by atoms with Gasteiger partial charge in [0.2, 0.25) is 5.91 Å². The second-order valence-electron chi connectivity index (χ2n) is 8.69. The Morgan fingerprint density at radius 3 is 2.56 bits per heavy atom. The average Bonchev–Trinajstić information content (AvgIpc) is 2.96. The maximum Gasteiger partial charge on any atom is 0.305 e. The number of aliphatic hydroxyl groups is 1. The first-order valence-corrected chi connectivity index (χ1v) is 15.2. The van der Waals surface area contributed by atoms with Gasteiger partial charge in [0, 0.05) is 37.3 Å². The SMILES string of the molecule is CCC(CO)OC(COC(=O)CCCC(=O)NCNC(=O)c1ccc(C(C)SSC2=NCCC=C2)cc1)OC. The Morgan fingerprint density at radius 1 is 1.15 bits per heavy atom. The molecule has 1 aliphatic rings. The van der Waals surface area contributed by atoms with Crippen molar-refractivity contribution in [2.24, 2.45) is 4.99 Å². The van der Waals surface area contributed by atoms with Gasteiger partial charge in [-0.2, -0.15) is 0 Å². The highest BCUT2D eigenvalue weighted by Crippen LogP contribution is 2.39. The third-order valence-electron chi connectivity index (χ3n) is 5.71. The summed E-state index contributed by atoms with van der Waals surface area (Å²) in [4.78, 5) is 40.9. The van der Waals surface area contributed by atoms with E-state index in [1.807, 2.05) is 25.1 Å². The molecule has 2 amide bonds. The number of ether oxygens (including phenoxy) is 3. The molecule has 0 bridgehead atoms. The van der Waals surface area contributed by atoms with E-state index < -0.39 is 18.4 Å². The second kappa shape index (κ2) is 18.8. The van der Waals surface area contributed by atoms with Gasteiger partial charge in [-0.15, -0.1) is 0 Å². The van der Waals surface area contributed by atoms with Crippen LogP contribution in [0.4, 0.5) is 0 Å². The van der Waals surface area contributed by atoms with Gasteiger partial charge < -0.3 is 30.0 Å². The zero-order chi connectivity index (χ0) is 28.5. The van der Waals surface area contributed by atoms with Gasteiger partial charge in [0.25, 0.3) is 5.91 Å². The van der Waals surface area contributed by atoms with E-state index in [-0.39, 0.29) is 49.8 Å². The van der Waals surface area contributed by atoms with Crippen LogP contribution in [0.3, 0.4) is 0 Å². The lowest BCUT2D eigenvalue weighted by molar-refractivity contribution is -0.194. The summed E-state index contributed by atoms with van der Waals surface area (Å²) in [5.41, 5.74) is 1.61. The summed E-state index contributed by atoms with van der Waals surface area (Å²) in [5.74, 6) is -1.05. The Hall–Kier alpha value is -2.38. The van der Waals surface area contributed by atoms with E-state index in [1.54, 1.807) is 33.7 Å². The van der Waals surface area contributed by atoms with Crippen LogP contribution in [0.2, 0.25) is 0 Å². The summed E-state index contributed by atoms with van der Waals surface area (Å²) >= 11 is 0. The fourth-order valence-electron chi connectivity index (χ4n) is 3.31. The van der Waals surface area contributed by atoms with Gasteiger partial charge in [-0.1, -0.05) is 35.9 Å². The molecule has 39 heavy (non-hydrogen) atoms. The lowest BCUT2D eigenvalue weighted by Crippen LogP contribution is -2.37. The number of hydrogen-bond acceptors (Lipinski definition) is 10. The number of carbonyl (C=O) groups is 3. The first kappa shape index (κ1) is 32.8. The molecular formula is C27H39N3O7S2. The highest BCUT2D eigenvalue weighted by Gasteiger charge is 2.17. The number of carbonyl (C=O) groups excluding carboxylic acids is 3. The van der Waals surface area contributed by atoms with Gasteiger partial charge in [-0.05, 0) is 60.8 Å². The number of rotatable bonds is 17. The maximum absolute atomic E-state index is 12.4. The molecule has 3 atom stereocenters. The summed E-state index contributed by atoms with van der Waals surface area (Å²) in [7, 11) is 4.80. The number of esters is 1. The molecule has 3 N–H and O–H groups in total. The molecule has 1 aliphatic heterocycles. The van der Waals surface area contributed by atoms with E-state index in [1.165, 1.54) is 7.11 Å². The van der Waals surface area contributed by atoms with E-state index in [0.717, 1.165) is 23.6 Å². The third-order valence-corrected chi connectivity index (χ3v) is 8.47. The molecule has 0 radical (unpaired) electrons. The highest BCUT2D eigenvalue weighted by molar-refractivity contribution is 8.82. The summed E-state index contributed by atoms with van der Waals surface area (Å²) in [6.07, 6.45) is 5.07. The molecule has 1 aromatic carbocycles. The molecule has 1 heterocycles.